The minimum Gasteiger partial charge on any atom is -0.493 e. The van der Waals surface area contributed by atoms with Gasteiger partial charge in [0.15, 0.2) is 11.5 Å². The van der Waals surface area contributed by atoms with E-state index in [1.807, 2.05) is 31.2 Å². The van der Waals surface area contributed by atoms with Gasteiger partial charge in [0.25, 0.3) is 0 Å². The van der Waals surface area contributed by atoms with Crippen LogP contribution in [0.4, 0.5) is 0 Å². The zero-order chi connectivity index (χ0) is 19.9. The second-order valence-electron chi connectivity index (χ2n) is 6.84. The van der Waals surface area contributed by atoms with Crippen molar-refractivity contribution in [3.8, 4) is 11.5 Å². The van der Waals surface area contributed by atoms with Gasteiger partial charge in [0.05, 0.1) is 24.6 Å². The molecule has 1 aliphatic heterocycles. The number of benzene rings is 2. The second kappa shape index (κ2) is 7.07. The fourth-order valence-corrected chi connectivity index (χ4v) is 5.32. The van der Waals surface area contributed by atoms with E-state index < -0.39 is 10.0 Å². The number of rotatable bonds is 4. The van der Waals surface area contributed by atoms with Gasteiger partial charge in [-0.25, -0.2) is 8.42 Å². The van der Waals surface area contributed by atoms with Crippen molar-refractivity contribution in [3.05, 3.63) is 59.3 Å². The number of pyridine rings is 1. The van der Waals surface area contributed by atoms with E-state index >= 15 is 0 Å². The summed E-state index contributed by atoms with van der Waals surface area (Å²) in [7, 11) is -0.488. The van der Waals surface area contributed by atoms with Crippen LogP contribution in [0.2, 0.25) is 0 Å². The molecular formula is C21H22N2O4S. The molecule has 0 spiro atoms. The molecule has 7 heteroatoms. The molecule has 1 aliphatic rings. The molecule has 2 heterocycles. The first kappa shape index (κ1) is 18.7. The van der Waals surface area contributed by atoms with Gasteiger partial charge in [-0.15, -0.1) is 0 Å². The van der Waals surface area contributed by atoms with Gasteiger partial charge >= 0.3 is 0 Å². The third-order valence-corrected chi connectivity index (χ3v) is 7.14. The average molecular weight is 398 g/mol. The number of sulfonamides is 1. The Morgan fingerprint density at radius 1 is 1.04 bits per heavy atom. The number of hydrogen-bond donors (Lipinski definition) is 0. The van der Waals surface area contributed by atoms with Gasteiger partial charge in [-0.1, -0.05) is 6.07 Å². The van der Waals surface area contributed by atoms with Crippen molar-refractivity contribution in [3.63, 3.8) is 0 Å². The predicted molar refractivity (Wildman–Crippen MR) is 107 cm³/mol. The highest BCUT2D eigenvalue weighted by Crippen LogP contribution is 2.35. The summed E-state index contributed by atoms with van der Waals surface area (Å²) < 4.78 is 39.1. The van der Waals surface area contributed by atoms with Crippen molar-refractivity contribution in [2.24, 2.45) is 0 Å². The van der Waals surface area contributed by atoms with E-state index in [4.69, 9.17) is 9.47 Å². The Balaban J connectivity index is 1.76. The first-order chi connectivity index (χ1) is 13.5. The minimum absolute atomic E-state index is 0.296. The van der Waals surface area contributed by atoms with Crippen LogP contribution in [-0.4, -0.2) is 38.5 Å². The fraction of sp³-hybridized carbons (Fsp3) is 0.286. The highest BCUT2D eigenvalue weighted by atomic mass is 32.2. The summed E-state index contributed by atoms with van der Waals surface area (Å²) in [6.07, 6.45) is 2.31. The number of ether oxygens (including phenoxy) is 2. The summed E-state index contributed by atoms with van der Waals surface area (Å²) in [6.45, 7) is 2.65. The van der Waals surface area contributed by atoms with E-state index in [0.29, 0.717) is 46.8 Å². The van der Waals surface area contributed by atoms with E-state index in [1.54, 1.807) is 32.5 Å². The summed E-state index contributed by atoms with van der Waals surface area (Å²) in [5, 5.41) is 0.653. The molecular weight excluding hydrogens is 376 g/mol. The van der Waals surface area contributed by atoms with E-state index in [1.165, 1.54) is 4.31 Å². The summed E-state index contributed by atoms with van der Waals surface area (Å²) in [6, 6.07) is 10.9. The Morgan fingerprint density at radius 3 is 2.46 bits per heavy atom. The van der Waals surface area contributed by atoms with Gasteiger partial charge in [-0.2, -0.15) is 4.31 Å². The molecule has 28 heavy (non-hydrogen) atoms. The Labute approximate surface area is 164 Å². The first-order valence-electron chi connectivity index (χ1n) is 9.04. The van der Waals surface area contributed by atoms with Gasteiger partial charge in [0.2, 0.25) is 10.0 Å². The Hall–Kier alpha value is -2.64. The monoisotopic (exact) mass is 398 g/mol. The molecule has 0 radical (unpaired) electrons. The van der Waals surface area contributed by atoms with Crippen LogP contribution in [0.5, 0.6) is 11.5 Å². The smallest absolute Gasteiger partial charge is 0.244 e. The molecule has 0 N–H and O–H groups in total. The quantitative estimate of drug-likeness (QED) is 0.674. The third kappa shape index (κ3) is 3.00. The van der Waals surface area contributed by atoms with Crippen LogP contribution >= 0.6 is 0 Å². The van der Waals surface area contributed by atoms with Gasteiger partial charge < -0.3 is 9.47 Å². The lowest BCUT2D eigenvalue weighted by Crippen LogP contribution is -2.36. The van der Waals surface area contributed by atoms with Crippen molar-refractivity contribution in [2.45, 2.75) is 24.8 Å². The topological polar surface area (TPSA) is 68.7 Å². The van der Waals surface area contributed by atoms with Gasteiger partial charge in [0, 0.05) is 24.7 Å². The number of hydrogen-bond acceptors (Lipinski definition) is 5. The Morgan fingerprint density at radius 2 is 1.75 bits per heavy atom. The molecule has 0 unspecified atom stereocenters. The van der Waals surface area contributed by atoms with Crippen molar-refractivity contribution in [2.75, 3.05) is 20.8 Å². The maximum absolute atomic E-state index is 13.4. The molecule has 146 valence electrons. The summed E-state index contributed by atoms with van der Waals surface area (Å²) >= 11 is 0. The number of aryl methyl sites for hydroxylation is 1. The van der Waals surface area contributed by atoms with Crippen LogP contribution in [0.25, 0.3) is 10.9 Å². The molecule has 0 saturated heterocycles. The summed E-state index contributed by atoms with van der Waals surface area (Å²) in [5.74, 6) is 1.26. The van der Waals surface area contributed by atoms with Crippen LogP contribution < -0.4 is 9.47 Å². The van der Waals surface area contributed by atoms with Crippen molar-refractivity contribution < 1.29 is 17.9 Å². The number of nitrogens with zero attached hydrogens (tertiary/aromatic N) is 2. The molecule has 0 bridgehead atoms. The second-order valence-corrected chi connectivity index (χ2v) is 8.75. The normalized spacial score (nSPS) is 14.7. The van der Waals surface area contributed by atoms with Crippen molar-refractivity contribution in [1.82, 2.24) is 9.29 Å². The van der Waals surface area contributed by atoms with Crippen LogP contribution in [0.3, 0.4) is 0 Å². The maximum Gasteiger partial charge on any atom is 0.244 e. The molecule has 4 rings (SSSR count). The summed E-state index contributed by atoms with van der Waals surface area (Å²) in [4.78, 5) is 4.66. The lowest BCUT2D eigenvalue weighted by Gasteiger charge is -2.29. The third-order valence-electron chi connectivity index (χ3n) is 5.23. The van der Waals surface area contributed by atoms with E-state index in [-0.39, 0.29) is 0 Å². The molecule has 0 saturated carbocycles. The predicted octanol–water partition coefficient (Wildman–Crippen LogP) is 3.31. The van der Waals surface area contributed by atoms with Gasteiger partial charge in [0.1, 0.15) is 0 Å². The molecule has 0 amide bonds. The molecule has 0 atom stereocenters. The van der Waals surface area contributed by atoms with E-state index in [2.05, 4.69) is 4.98 Å². The number of fused-ring (bicyclic) bond motifs is 2. The average Bonchev–Trinajstić information content (AvgIpc) is 2.72. The van der Waals surface area contributed by atoms with Crippen LogP contribution in [0, 0.1) is 6.92 Å². The zero-order valence-electron chi connectivity index (χ0n) is 16.1. The molecule has 1 aromatic heterocycles. The largest absolute Gasteiger partial charge is 0.493 e. The lowest BCUT2D eigenvalue weighted by atomic mass is 10.0. The maximum atomic E-state index is 13.4. The van der Waals surface area contributed by atoms with Gasteiger partial charge in [-0.3, -0.25) is 4.98 Å². The number of aromatic nitrogens is 1. The lowest BCUT2D eigenvalue weighted by molar-refractivity contribution is 0.348. The van der Waals surface area contributed by atoms with Crippen LogP contribution in [0.15, 0.2) is 47.5 Å². The molecule has 2 aromatic carbocycles. The fourth-order valence-electron chi connectivity index (χ4n) is 3.71. The SMILES string of the molecule is COc1cc2c(cc1OC)CN(S(=O)(=O)c1ccc(C)c3ncccc13)CC2. The van der Waals surface area contributed by atoms with Gasteiger partial charge in [-0.05, 0) is 60.4 Å². The first-order valence-corrected chi connectivity index (χ1v) is 10.5. The summed E-state index contributed by atoms with van der Waals surface area (Å²) in [5.41, 5.74) is 3.68. The Kier molecular flexibility index (Phi) is 4.72. The number of methoxy groups -OCH3 is 2. The van der Waals surface area contributed by atoms with E-state index in [0.717, 1.165) is 16.7 Å². The molecule has 3 aromatic rings. The molecule has 0 fully saturated rings. The molecule has 0 aliphatic carbocycles. The van der Waals surface area contributed by atoms with E-state index in [9.17, 15) is 8.42 Å². The standard InChI is InChI=1S/C21H22N2O4S/c1-14-6-7-20(17-5-4-9-22-21(14)17)28(24,25)23-10-8-15-11-18(26-2)19(27-3)12-16(15)13-23/h4-7,9,11-12H,8,10,13H2,1-3H3. The van der Waals surface area contributed by atoms with Crippen LogP contribution in [0.1, 0.15) is 16.7 Å². The minimum atomic E-state index is -3.66. The van der Waals surface area contributed by atoms with Crippen LogP contribution in [-0.2, 0) is 23.0 Å². The highest BCUT2D eigenvalue weighted by molar-refractivity contribution is 7.89. The molecule has 6 nitrogen and oxygen atoms in total. The Bertz CT molecular complexity index is 1160. The highest BCUT2D eigenvalue weighted by Gasteiger charge is 2.30. The zero-order valence-corrected chi connectivity index (χ0v) is 16.9. The van der Waals surface area contributed by atoms with Crippen molar-refractivity contribution in [1.29, 1.82) is 0 Å². The van der Waals surface area contributed by atoms with Crippen molar-refractivity contribution >= 4 is 20.9 Å².